The number of rotatable bonds is 7. The van der Waals surface area contributed by atoms with Crippen molar-refractivity contribution in [1.82, 2.24) is 4.72 Å². The molecule has 1 amide bonds. The smallest absolute Gasteiger partial charge is 0.248 e. The Labute approximate surface area is 118 Å². The van der Waals surface area contributed by atoms with Crippen LogP contribution in [-0.2, 0) is 10.0 Å². The van der Waals surface area contributed by atoms with E-state index in [2.05, 4.69) is 4.72 Å². The maximum atomic E-state index is 12.1. The number of hydrogen-bond acceptors (Lipinski definition) is 5. The standard InChI is InChI=1S/C12H19N3O4S/c1-8(4-5-16)7-15-20(18,19)11-3-2-9(12(14)17)6-10(11)13/h2-3,6,8,15-16H,4-5,7,13H2,1H3,(H2,14,17). The topological polar surface area (TPSA) is 136 Å². The van der Waals surface area contributed by atoms with E-state index in [-0.39, 0.29) is 35.2 Å². The first-order chi connectivity index (χ1) is 9.27. The number of amides is 1. The second kappa shape index (κ2) is 6.69. The van der Waals surface area contributed by atoms with Crippen LogP contribution >= 0.6 is 0 Å². The number of nitrogens with two attached hydrogens (primary N) is 2. The molecule has 0 heterocycles. The Morgan fingerprint density at radius 2 is 2.10 bits per heavy atom. The average molecular weight is 301 g/mol. The first kappa shape index (κ1) is 16.4. The number of nitrogen functional groups attached to an aromatic ring is 1. The Morgan fingerprint density at radius 3 is 2.60 bits per heavy atom. The molecule has 1 aromatic rings. The predicted molar refractivity (Wildman–Crippen MR) is 75.4 cm³/mol. The first-order valence-electron chi connectivity index (χ1n) is 6.07. The summed E-state index contributed by atoms with van der Waals surface area (Å²) >= 11 is 0. The minimum Gasteiger partial charge on any atom is -0.398 e. The first-order valence-corrected chi connectivity index (χ1v) is 7.56. The van der Waals surface area contributed by atoms with Gasteiger partial charge in [-0.2, -0.15) is 0 Å². The van der Waals surface area contributed by atoms with Crippen molar-refractivity contribution < 1.29 is 18.3 Å². The minimum atomic E-state index is -3.76. The number of aliphatic hydroxyl groups excluding tert-OH is 1. The molecule has 7 nitrogen and oxygen atoms in total. The van der Waals surface area contributed by atoms with Gasteiger partial charge in [-0.15, -0.1) is 0 Å². The SMILES string of the molecule is CC(CCO)CNS(=O)(=O)c1ccc(C(N)=O)cc1N. The summed E-state index contributed by atoms with van der Waals surface area (Å²) in [6.07, 6.45) is 0.499. The summed E-state index contributed by atoms with van der Waals surface area (Å²) in [6.45, 7) is 2.01. The van der Waals surface area contributed by atoms with Gasteiger partial charge in [0.1, 0.15) is 4.90 Å². The molecule has 0 aromatic heterocycles. The lowest BCUT2D eigenvalue weighted by atomic mass is 10.1. The van der Waals surface area contributed by atoms with Gasteiger partial charge in [-0.1, -0.05) is 6.92 Å². The lowest BCUT2D eigenvalue weighted by Crippen LogP contribution is -2.29. The van der Waals surface area contributed by atoms with E-state index in [0.29, 0.717) is 6.42 Å². The van der Waals surface area contributed by atoms with Crippen LogP contribution in [0, 0.1) is 5.92 Å². The quantitative estimate of drug-likeness (QED) is 0.511. The number of carbonyl (C=O) groups is 1. The maximum absolute atomic E-state index is 12.1. The van der Waals surface area contributed by atoms with Crippen molar-refractivity contribution in [2.24, 2.45) is 11.7 Å². The van der Waals surface area contributed by atoms with Gasteiger partial charge in [-0.25, -0.2) is 13.1 Å². The summed E-state index contributed by atoms with van der Waals surface area (Å²) in [5.41, 5.74) is 10.8. The number of benzene rings is 1. The maximum Gasteiger partial charge on any atom is 0.248 e. The van der Waals surface area contributed by atoms with Crippen LogP contribution in [0.4, 0.5) is 5.69 Å². The van der Waals surface area contributed by atoms with Crippen molar-refractivity contribution in [3.8, 4) is 0 Å². The molecule has 112 valence electrons. The summed E-state index contributed by atoms with van der Waals surface area (Å²) < 4.78 is 26.6. The largest absolute Gasteiger partial charge is 0.398 e. The summed E-state index contributed by atoms with van der Waals surface area (Å²) in [4.78, 5) is 10.9. The molecule has 1 atom stereocenters. The molecular weight excluding hydrogens is 282 g/mol. The average Bonchev–Trinajstić information content (AvgIpc) is 2.36. The highest BCUT2D eigenvalue weighted by molar-refractivity contribution is 7.89. The van der Waals surface area contributed by atoms with Crippen molar-refractivity contribution in [3.05, 3.63) is 23.8 Å². The van der Waals surface area contributed by atoms with E-state index in [0.717, 1.165) is 0 Å². The van der Waals surface area contributed by atoms with Gasteiger partial charge in [0.25, 0.3) is 0 Å². The van der Waals surface area contributed by atoms with E-state index < -0.39 is 15.9 Å². The molecule has 0 saturated carbocycles. The summed E-state index contributed by atoms with van der Waals surface area (Å²) in [6, 6.07) is 3.78. The van der Waals surface area contributed by atoms with Crippen molar-refractivity contribution >= 4 is 21.6 Å². The number of sulfonamides is 1. The zero-order valence-corrected chi connectivity index (χ0v) is 12.0. The Morgan fingerprint density at radius 1 is 1.45 bits per heavy atom. The summed E-state index contributed by atoms with van der Waals surface area (Å²) in [5.74, 6) is -0.675. The number of carbonyl (C=O) groups excluding carboxylic acids is 1. The van der Waals surface area contributed by atoms with Crippen LogP contribution in [0.5, 0.6) is 0 Å². The van der Waals surface area contributed by atoms with Crippen LogP contribution in [0.25, 0.3) is 0 Å². The Hall–Kier alpha value is -1.64. The Bertz CT molecular complexity index is 586. The van der Waals surface area contributed by atoms with Gasteiger partial charge in [0.15, 0.2) is 0 Å². The highest BCUT2D eigenvalue weighted by Gasteiger charge is 2.19. The van der Waals surface area contributed by atoms with Crippen molar-refractivity contribution in [3.63, 3.8) is 0 Å². The predicted octanol–water partition coefficient (Wildman–Crippen LogP) is -0.335. The third-order valence-electron chi connectivity index (χ3n) is 2.83. The van der Waals surface area contributed by atoms with Gasteiger partial charge in [0.05, 0.1) is 5.69 Å². The number of nitrogens with one attached hydrogen (secondary N) is 1. The second-order valence-electron chi connectivity index (χ2n) is 4.59. The molecule has 0 saturated heterocycles. The number of anilines is 1. The molecule has 0 bridgehead atoms. The van der Waals surface area contributed by atoms with Crippen LogP contribution in [0.3, 0.4) is 0 Å². The van der Waals surface area contributed by atoms with E-state index in [1.54, 1.807) is 0 Å². The van der Waals surface area contributed by atoms with Crippen LogP contribution in [0.2, 0.25) is 0 Å². The van der Waals surface area contributed by atoms with Gasteiger partial charge < -0.3 is 16.6 Å². The van der Waals surface area contributed by atoms with Crippen LogP contribution in [-0.4, -0.2) is 32.6 Å². The zero-order valence-electron chi connectivity index (χ0n) is 11.2. The molecule has 6 N–H and O–H groups in total. The fourth-order valence-electron chi connectivity index (χ4n) is 1.60. The normalized spacial score (nSPS) is 13.1. The van der Waals surface area contributed by atoms with Crippen LogP contribution in [0.1, 0.15) is 23.7 Å². The monoisotopic (exact) mass is 301 g/mol. The number of primary amides is 1. The molecule has 0 spiro atoms. The van der Waals surface area contributed by atoms with E-state index in [9.17, 15) is 13.2 Å². The Kier molecular flexibility index (Phi) is 5.49. The molecule has 0 aliphatic heterocycles. The molecule has 20 heavy (non-hydrogen) atoms. The Balaban J connectivity index is 2.90. The van der Waals surface area contributed by atoms with Gasteiger partial charge in [-0.05, 0) is 30.5 Å². The molecule has 8 heteroatoms. The highest BCUT2D eigenvalue weighted by atomic mass is 32.2. The van der Waals surface area contributed by atoms with E-state index in [1.807, 2.05) is 6.92 Å². The van der Waals surface area contributed by atoms with Crippen molar-refractivity contribution in [2.45, 2.75) is 18.2 Å². The molecule has 0 aliphatic carbocycles. The summed E-state index contributed by atoms with van der Waals surface area (Å²) in [7, 11) is -3.76. The fourth-order valence-corrected chi connectivity index (χ4v) is 2.87. The molecule has 1 aromatic carbocycles. The van der Waals surface area contributed by atoms with Crippen LogP contribution in [0.15, 0.2) is 23.1 Å². The third kappa shape index (κ3) is 4.19. The van der Waals surface area contributed by atoms with Gasteiger partial charge >= 0.3 is 0 Å². The van der Waals surface area contributed by atoms with Gasteiger partial charge in [0, 0.05) is 18.7 Å². The number of hydrogen-bond donors (Lipinski definition) is 4. The van der Waals surface area contributed by atoms with Gasteiger partial charge in [-0.3, -0.25) is 4.79 Å². The molecule has 1 unspecified atom stereocenters. The highest BCUT2D eigenvalue weighted by Crippen LogP contribution is 2.19. The third-order valence-corrected chi connectivity index (χ3v) is 4.33. The second-order valence-corrected chi connectivity index (χ2v) is 6.32. The van der Waals surface area contributed by atoms with Crippen molar-refractivity contribution in [2.75, 3.05) is 18.9 Å². The molecule has 1 rings (SSSR count). The summed E-state index contributed by atoms with van der Waals surface area (Å²) in [5, 5.41) is 8.77. The van der Waals surface area contributed by atoms with E-state index in [4.69, 9.17) is 16.6 Å². The zero-order chi connectivity index (χ0) is 15.3. The van der Waals surface area contributed by atoms with Gasteiger partial charge in [0.2, 0.25) is 15.9 Å². The lowest BCUT2D eigenvalue weighted by molar-refractivity contribution is 0.1000. The minimum absolute atomic E-state index is 0.000826. The molecule has 0 fully saturated rings. The molecule has 0 radical (unpaired) electrons. The number of aliphatic hydroxyl groups is 1. The fraction of sp³-hybridized carbons (Fsp3) is 0.417. The van der Waals surface area contributed by atoms with Crippen molar-refractivity contribution in [1.29, 1.82) is 0 Å². The molecular formula is C12H19N3O4S. The van der Waals surface area contributed by atoms with E-state index >= 15 is 0 Å². The van der Waals surface area contributed by atoms with E-state index in [1.165, 1.54) is 18.2 Å². The molecule has 0 aliphatic rings. The van der Waals surface area contributed by atoms with Crippen LogP contribution < -0.4 is 16.2 Å². The lowest BCUT2D eigenvalue weighted by Gasteiger charge is -2.13.